The van der Waals surface area contributed by atoms with Crippen LogP contribution in [-0.4, -0.2) is 80.0 Å². The number of hydrogen-bond acceptors (Lipinski definition) is 5. The number of anilines is 1. The maximum atomic E-state index is 13.2. The van der Waals surface area contributed by atoms with Crippen molar-refractivity contribution in [3.8, 4) is 0 Å². The van der Waals surface area contributed by atoms with Gasteiger partial charge in [-0.1, -0.05) is 36.4 Å². The van der Waals surface area contributed by atoms with Crippen molar-refractivity contribution in [1.82, 2.24) is 20.1 Å². The first-order chi connectivity index (χ1) is 16.0. The molecule has 1 fully saturated rings. The minimum absolute atomic E-state index is 0.0701. The average Bonchev–Trinajstić information content (AvgIpc) is 2.86. The van der Waals surface area contributed by atoms with Crippen LogP contribution in [0.25, 0.3) is 10.8 Å². The molecule has 0 spiro atoms. The third-order valence-corrected chi connectivity index (χ3v) is 5.99. The van der Waals surface area contributed by atoms with Crippen LogP contribution in [0.4, 0.5) is 5.82 Å². The van der Waals surface area contributed by atoms with Crippen LogP contribution in [0.1, 0.15) is 27.1 Å². The highest BCUT2D eigenvalue weighted by molar-refractivity contribution is 6.07. The molecule has 0 bridgehead atoms. The van der Waals surface area contributed by atoms with E-state index in [2.05, 4.69) is 20.1 Å². The SMILES string of the molecule is CN(C)CCCNC(=O)c1ccc(N2CCN(C(=O)c3cccc4ccccc34)CC2)nc1. The highest BCUT2D eigenvalue weighted by atomic mass is 16.2. The van der Waals surface area contributed by atoms with Crippen LogP contribution in [0, 0.1) is 0 Å². The summed E-state index contributed by atoms with van der Waals surface area (Å²) in [5, 5.41) is 5.00. The highest BCUT2D eigenvalue weighted by Crippen LogP contribution is 2.21. The van der Waals surface area contributed by atoms with E-state index in [-0.39, 0.29) is 11.8 Å². The number of amides is 2. The van der Waals surface area contributed by atoms with E-state index < -0.39 is 0 Å². The van der Waals surface area contributed by atoms with E-state index in [0.717, 1.165) is 35.1 Å². The Labute approximate surface area is 195 Å². The van der Waals surface area contributed by atoms with Crippen LogP contribution in [-0.2, 0) is 0 Å². The Balaban J connectivity index is 1.32. The van der Waals surface area contributed by atoms with Gasteiger partial charge in [0.15, 0.2) is 0 Å². The number of hydrogen-bond donors (Lipinski definition) is 1. The van der Waals surface area contributed by atoms with Gasteiger partial charge in [0.2, 0.25) is 0 Å². The van der Waals surface area contributed by atoms with E-state index in [4.69, 9.17) is 0 Å². The fourth-order valence-corrected chi connectivity index (χ4v) is 4.13. The van der Waals surface area contributed by atoms with Crippen molar-refractivity contribution in [3.63, 3.8) is 0 Å². The highest BCUT2D eigenvalue weighted by Gasteiger charge is 2.24. The second-order valence-corrected chi connectivity index (χ2v) is 8.62. The lowest BCUT2D eigenvalue weighted by Gasteiger charge is -2.35. The Morgan fingerprint density at radius 2 is 1.73 bits per heavy atom. The maximum absolute atomic E-state index is 13.2. The Bertz CT molecular complexity index is 1100. The van der Waals surface area contributed by atoms with Gasteiger partial charge in [0.1, 0.15) is 5.82 Å². The molecule has 0 unspecified atom stereocenters. The number of nitrogens with one attached hydrogen (secondary N) is 1. The van der Waals surface area contributed by atoms with Crippen molar-refractivity contribution in [1.29, 1.82) is 0 Å². The predicted octanol–water partition coefficient (Wildman–Crippen LogP) is 2.88. The van der Waals surface area contributed by atoms with Crippen molar-refractivity contribution in [2.24, 2.45) is 0 Å². The maximum Gasteiger partial charge on any atom is 0.254 e. The standard InChI is InChI=1S/C26H31N5O2/c1-29(2)14-6-13-27-25(32)21-11-12-24(28-19-21)30-15-17-31(18-16-30)26(33)23-10-5-8-20-7-3-4-9-22(20)23/h3-5,7-12,19H,6,13-18H2,1-2H3,(H,27,32). The lowest BCUT2D eigenvalue weighted by atomic mass is 10.0. The van der Waals surface area contributed by atoms with Crippen molar-refractivity contribution < 1.29 is 9.59 Å². The molecule has 4 rings (SSSR count). The van der Waals surface area contributed by atoms with Crippen LogP contribution >= 0.6 is 0 Å². The van der Waals surface area contributed by atoms with Gasteiger partial charge in [-0.25, -0.2) is 4.98 Å². The molecule has 1 aliphatic rings. The van der Waals surface area contributed by atoms with E-state index in [9.17, 15) is 9.59 Å². The predicted molar refractivity (Wildman–Crippen MR) is 132 cm³/mol. The largest absolute Gasteiger partial charge is 0.353 e. The Morgan fingerprint density at radius 3 is 2.45 bits per heavy atom. The molecule has 0 radical (unpaired) electrons. The summed E-state index contributed by atoms with van der Waals surface area (Å²) in [4.78, 5) is 36.1. The Hall–Kier alpha value is -3.45. The Kier molecular flexibility index (Phi) is 7.19. The van der Waals surface area contributed by atoms with Crippen LogP contribution in [0.5, 0.6) is 0 Å². The van der Waals surface area contributed by atoms with Gasteiger partial charge in [-0.2, -0.15) is 0 Å². The molecule has 2 amide bonds. The lowest BCUT2D eigenvalue weighted by molar-refractivity contribution is 0.0748. The van der Waals surface area contributed by atoms with Crippen LogP contribution < -0.4 is 10.2 Å². The fourth-order valence-electron chi connectivity index (χ4n) is 4.13. The number of aromatic nitrogens is 1. The zero-order valence-corrected chi connectivity index (χ0v) is 19.3. The van der Waals surface area contributed by atoms with Gasteiger partial charge in [0.25, 0.3) is 11.8 Å². The molecule has 1 saturated heterocycles. The number of piperazine rings is 1. The summed E-state index contributed by atoms with van der Waals surface area (Å²) in [6.07, 6.45) is 2.54. The monoisotopic (exact) mass is 445 g/mol. The molecule has 1 aromatic heterocycles. The van der Waals surface area contributed by atoms with Gasteiger partial charge in [-0.05, 0) is 56.0 Å². The number of benzene rings is 2. The number of fused-ring (bicyclic) bond motifs is 1. The number of carbonyl (C=O) groups is 2. The van der Waals surface area contributed by atoms with Crippen molar-refractivity contribution in [2.45, 2.75) is 6.42 Å². The van der Waals surface area contributed by atoms with Gasteiger partial charge in [-0.15, -0.1) is 0 Å². The first-order valence-electron chi connectivity index (χ1n) is 11.4. The number of carbonyl (C=O) groups excluding carboxylic acids is 2. The molecular formula is C26H31N5O2. The van der Waals surface area contributed by atoms with Gasteiger partial charge in [0, 0.05) is 44.5 Å². The van der Waals surface area contributed by atoms with Gasteiger partial charge >= 0.3 is 0 Å². The summed E-state index contributed by atoms with van der Waals surface area (Å²) >= 11 is 0. The van der Waals surface area contributed by atoms with Crippen LogP contribution in [0.2, 0.25) is 0 Å². The van der Waals surface area contributed by atoms with Gasteiger partial charge in [0.05, 0.1) is 5.56 Å². The zero-order chi connectivity index (χ0) is 23.2. The third-order valence-electron chi connectivity index (χ3n) is 5.99. The van der Waals surface area contributed by atoms with Gasteiger partial charge in [-0.3, -0.25) is 9.59 Å². The number of rotatable bonds is 7. The van der Waals surface area contributed by atoms with Crippen molar-refractivity contribution in [3.05, 3.63) is 71.9 Å². The fraction of sp³-hybridized carbons (Fsp3) is 0.346. The average molecular weight is 446 g/mol. The molecule has 2 aromatic carbocycles. The molecular weight excluding hydrogens is 414 g/mol. The molecule has 0 atom stereocenters. The first kappa shape index (κ1) is 22.7. The van der Waals surface area contributed by atoms with E-state index in [1.54, 1.807) is 6.20 Å². The Morgan fingerprint density at radius 1 is 0.970 bits per heavy atom. The van der Waals surface area contributed by atoms with Crippen molar-refractivity contribution in [2.75, 3.05) is 58.3 Å². The molecule has 7 nitrogen and oxygen atoms in total. The summed E-state index contributed by atoms with van der Waals surface area (Å²) in [6, 6.07) is 17.6. The number of nitrogens with zero attached hydrogens (tertiary/aromatic N) is 4. The lowest BCUT2D eigenvalue weighted by Crippen LogP contribution is -2.49. The van der Waals surface area contributed by atoms with Crippen molar-refractivity contribution >= 4 is 28.4 Å². The molecule has 2 heterocycles. The second kappa shape index (κ2) is 10.4. The quantitative estimate of drug-likeness (QED) is 0.567. The molecule has 33 heavy (non-hydrogen) atoms. The van der Waals surface area contributed by atoms with E-state index in [1.165, 1.54) is 0 Å². The van der Waals surface area contributed by atoms with E-state index in [1.807, 2.05) is 73.6 Å². The summed E-state index contributed by atoms with van der Waals surface area (Å²) in [6.45, 7) is 4.27. The van der Waals surface area contributed by atoms with Crippen LogP contribution in [0.3, 0.4) is 0 Å². The molecule has 3 aromatic rings. The zero-order valence-electron chi connectivity index (χ0n) is 19.3. The number of pyridine rings is 1. The minimum atomic E-state index is -0.0988. The van der Waals surface area contributed by atoms with Crippen LogP contribution in [0.15, 0.2) is 60.8 Å². The molecule has 1 aliphatic heterocycles. The summed E-state index contributed by atoms with van der Waals surface area (Å²) < 4.78 is 0. The third kappa shape index (κ3) is 5.49. The molecule has 7 heteroatoms. The van der Waals surface area contributed by atoms with Gasteiger partial charge < -0.3 is 20.0 Å². The smallest absolute Gasteiger partial charge is 0.254 e. The first-order valence-corrected chi connectivity index (χ1v) is 11.4. The molecule has 0 saturated carbocycles. The summed E-state index contributed by atoms with van der Waals surface area (Å²) in [5.41, 5.74) is 1.31. The molecule has 0 aliphatic carbocycles. The molecule has 1 N–H and O–H groups in total. The summed E-state index contributed by atoms with van der Waals surface area (Å²) in [7, 11) is 4.04. The summed E-state index contributed by atoms with van der Waals surface area (Å²) in [5.74, 6) is 0.801. The topological polar surface area (TPSA) is 68.8 Å². The second-order valence-electron chi connectivity index (χ2n) is 8.62. The molecule has 172 valence electrons. The van der Waals surface area contributed by atoms with E-state index >= 15 is 0 Å². The normalized spacial score (nSPS) is 14.0. The van der Waals surface area contributed by atoms with E-state index in [0.29, 0.717) is 38.3 Å². The minimum Gasteiger partial charge on any atom is -0.353 e.